The highest BCUT2D eigenvalue weighted by Gasteiger charge is 2.30. The van der Waals surface area contributed by atoms with Gasteiger partial charge in [-0.1, -0.05) is 26.0 Å². The number of urea groups is 1. The molecule has 1 unspecified atom stereocenters. The molecule has 1 aliphatic heterocycles. The third kappa shape index (κ3) is 4.24. The monoisotopic (exact) mass is 386 g/mol. The first-order valence-electron chi connectivity index (χ1n) is 9.41. The summed E-state index contributed by atoms with van der Waals surface area (Å²) in [6.07, 6.45) is 0.649. The second-order valence-electron chi connectivity index (χ2n) is 7.33. The largest absolute Gasteiger partial charge is 0.379 e. The van der Waals surface area contributed by atoms with Gasteiger partial charge in [0.05, 0.1) is 0 Å². The topological polar surface area (TPSA) is 118 Å². The van der Waals surface area contributed by atoms with Crippen molar-refractivity contribution in [2.24, 2.45) is 0 Å². The van der Waals surface area contributed by atoms with Crippen LogP contribution in [0.25, 0.3) is 0 Å². The molecule has 150 valence electrons. The van der Waals surface area contributed by atoms with E-state index in [9.17, 15) is 9.59 Å². The number of hydrogen-bond acceptors (Lipinski definition) is 6. The van der Waals surface area contributed by atoms with E-state index < -0.39 is 0 Å². The van der Waals surface area contributed by atoms with Crippen LogP contribution < -0.4 is 11.1 Å². The lowest BCUT2D eigenvalue weighted by Gasteiger charge is -2.25. The van der Waals surface area contributed by atoms with Crippen LogP contribution in [-0.2, 0) is 0 Å². The van der Waals surface area contributed by atoms with Crippen molar-refractivity contribution in [3.63, 3.8) is 0 Å². The molecule has 0 saturated carbocycles. The standard InChI is InChI=1S/C19H26N6O3/c1-12(2)14-4-6-15(7-5-14)21-19(27)24-9-8-13(3)25(11-10-24)18(26)16-17(20)23-28-22-16/h4-7,12-13H,8-11H2,1-3H3,(H2,20,23)(H,21,27). The predicted octanol–water partition coefficient (Wildman–Crippen LogP) is 2.54. The molecular formula is C19H26N6O3. The second-order valence-corrected chi connectivity index (χ2v) is 7.33. The van der Waals surface area contributed by atoms with Crippen LogP contribution in [-0.4, -0.2) is 57.7 Å². The van der Waals surface area contributed by atoms with E-state index in [-0.39, 0.29) is 29.5 Å². The maximum Gasteiger partial charge on any atom is 0.321 e. The van der Waals surface area contributed by atoms with Crippen LogP contribution in [0.1, 0.15) is 49.2 Å². The molecule has 3 amide bonds. The Kier molecular flexibility index (Phi) is 5.81. The summed E-state index contributed by atoms with van der Waals surface area (Å²) in [5.74, 6) is 0.0768. The summed E-state index contributed by atoms with van der Waals surface area (Å²) >= 11 is 0. The van der Waals surface area contributed by atoms with Crippen LogP contribution >= 0.6 is 0 Å². The van der Waals surface area contributed by atoms with Gasteiger partial charge in [0.2, 0.25) is 11.5 Å². The summed E-state index contributed by atoms with van der Waals surface area (Å²) in [5, 5.41) is 9.97. The van der Waals surface area contributed by atoms with Gasteiger partial charge in [-0.05, 0) is 47.3 Å². The summed E-state index contributed by atoms with van der Waals surface area (Å²) in [6.45, 7) is 7.54. The fourth-order valence-corrected chi connectivity index (χ4v) is 3.20. The zero-order valence-corrected chi connectivity index (χ0v) is 16.4. The Bertz CT molecular complexity index is 832. The fraction of sp³-hybridized carbons (Fsp3) is 0.474. The Hall–Kier alpha value is -3.10. The van der Waals surface area contributed by atoms with Gasteiger partial charge < -0.3 is 20.9 Å². The molecule has 1 aliphatic rings. The third-order valence-corrected chi connectivity index (χ3v) is 5.05. The van der Waals surface area contributed by atoms with Crippen molar-refractivity contribution in [1.82, 2.24) is 20.1 Å². The minimum absolute atomic E-state index is 0.00925. The average molecular weight is 386 g/mol. The maximum absolute atomic E-state index is 12.7. The van der Waals surface area contributed by atoms with E-state index in [1.165, 1.54) is 5.56 Å². The molecule has 1 aromatic heterocycles. The highest BCUT2D eigenvalue weighted by molar-refractivity contribution is 5.96. The van der Waals surface area contributed by atoms with Gasteiger partial charge in [0.1, 0.15) is 0 Å². The highest BCUT2D eigenvalue weighted by atomic mass is 16.6. The number of rotatable bonds is 3. The molecule has 1 aromatic carbocycles. The second kappa shape index (κ2) is 8.28. The Labute approximate surface area is 163 Å². The van der Waals surface area contributed by atoms with Crippen molar-refractivity contribution in [2.75, 3.05) is 30.7 Å². The zero-order chi connectivity index (χ0) is 20.3. The Balaban J connectivity index is 1.63. The van der Waals surface area contributed by atoms with Crippen molar-refractivity contribution < 1.29 is 14.2 Å². The highest BCUT2D eigenvalue weighted by Crippen LogP contribution is 2.19. The van der Waals surface area contributed by atoms with Crippen molar-refractivity contribution in [1.29, 1.82) is 0 Å². The van der Waals surface area contributed by atoms with Crippen LogP contribution in [0.2, 0.25) is 0 Å². The molecule has 0 aliphatic carbocycles. The lowest BCUT2D eigenvalue weighted by molar-refractivity contribution is 0.0691. The van der Waals surface area contributed by atoms with Crippen molar-refractivity contribution in [3.05, 3.63) is 35.5 Å². The normalized spacial score (nSPS) is 17.5. The van der Waals surface area contributed by atoms with Gasteiger partial charge in [-0.3, -0.25) is 4.79 Å². The number of carbonyl (C=O) groups excluding carboxylic acids is 2. The molecule has 0 bridgehead atoms. The lowest BCUT2D eigenvalue weighted by atomic mass is 10.0. The SMILES string of the molecule is CC(C)c1ccc(NC(=O)N2CCC(C)N(C(=O)c3nonc3N)CC2)cc1. The molecule has 28 heavy (non-hydrogen) atoms. The molecule has 3 rings (SSSR count). The summed E-state index contributed by atoms with van der Waals surface area (Å²) in [4.78, 5) is 28.7. The van der Waals surface area contributed by atoms with E-state index in [1.807, 2.05) is 31.2 Å². The van der Waals surface area contributed by atoms with E-state index in [4.69, 9.17) is 5.73 Å². The van der Waals surface area contributed by atoms with Crippen LogP contribution in [0.3, 0.4) is 0 Å². The van der Waals surface area contributed by atoms with Crippen LogP contribution in [0, 0.1) is 0 Å². The molecule has 2 aromatic rings. The number of nitrogen functional groups attached to an aromatic ring is 1. The predicted molar refractivity (Wildman–Crippen MR) is 105 cm³/mol. The van der Waals surface area contributed by atoms with Gasteiger partial charge in [0.25, 0.3) is 5.91 Å². The van der Waals surface area contributed by atoms with Gasteiger partial charge in [-0.2, -0.15) is 0 Å². The molecule has 9 nitrogen and oxygen atoms in total. The van der Waals surface area contributed by atoms with Gasteiger partial charge in [-0.25, -0.2) is 9.42 Å². The van der Waals surface area contributed by atoms with Gasteiger partial charge in [-0.15, -0.1) is 0 Å². The molecule has 1 saturated heterocycles. The van der Waals surface area contributed by atoms with E-state index in [1.54, 1.807) is 9.80 Å². The summed E-state index contributed by atoms with van der Waals surface area (Å²) in [6, 6.07) is 7.60. The van der Waals surface area contributed by atoms with E-state index >= 15 is 0 Å². The van der Waals surface area contributed by atoms with Crippen molar-refractivity contribution >= 4 is 23.4 Å². The van der Waals surface area contributed by atoms with Crippen LogP contribution in [0.5, 0.6) is 0 Å². The molecule has 0 spiro atoms. The summed E-state index contributed by atoms with van der Waals surface area (Å²) in [5.41, 5.74) is 7.61. The van der Waals surface area contributed by atoms with Crippen LogP contribution in [0.15, 0.2) is 28.9 Å². The molecule has 1 atom stereocenters. The molecule has 1 fully saturated rings. The average Bonchev–Trinajstić information content (AvgIpc) is 3.00. The van der Waals surface area contributed by atoms with Gasteiger partial charge in [0, 0.05) is 31.4 Å². The lowest BCUT2D eigenvalue weighted by Crippen LogP contribution is -2.41. The van der Waals surface area contributed by atoms with E-state index in [0.29, 0.717) is 32.0 Å². The number of nitrogens with one attached hydrogen (secondary N) is 1. The minimum atomic E-state index is -0.335. The number of carbonyl (C=O) groups is 2. The summed E-state index contributed by atoms with van der Waals surface area (Å²) < 4.78 is 4.53. The first-order valence-corrected chi connectivity index (χ1v) is 9.41. The number of amides is 3. The minimum Gasteiger partial charge on any atom is -0.379 e. The molecule has 9 heteroatoms. The number of anilines is 2. The maximum atomic E-state index is 12.7. The van der Waals surface area contributed by atoms with Crippen molar-refractivity contribution in [2.45, 2.75) is 39.2 Å². The van der Waals surface area contributed by atoms with Gasteiger partial charge >= 0.3 is 6.03 Å². The Morgan fingerprint density at radius 2 is 1.89 bits per heavy atom. The van der Waals surface area contributed by atoms with E-state index in [0.717, 1.165) is 5.69 Å². The number of hydrogen-bond donors (Lipinski definition) is 2. The van der Waals surface area contributed by atoms with E-state index in [2.05, 4.69) is 34.1 Å². The first-order chi connectivity index (χ1) is 13.4. The van der Waals surface area contributed by atoms with Crippen LogP contribution in [0.4, 0.5) is 16.3 Å². The third-order valence-electron chi connectivity index (χ3n) is 5.05. The molecule has 3 N–H and O–H groups in total. The Morgan fingerprint density at radius 1 is 1.18 bits per heavy atom. The quantitative estimate of drug-likeness (QED) is 0.837. The molecule has 0 radical (unpaired) electrons. The molecule has 2 heterocycles. The van der Waals surface area contributed by atoms with Crippen molar-refractivity contribution in [3.8, 4) is 0 Å². The Morgan fingerprint density at radius 3 is 2.50 bits per heavy atom. The van der Waals surface area contributed by atoms with Gasteiger partial charge in [0.15, 0.2) is 0 Å². The number of nitrogens with zero attached hydrogens (tertiary/aromatic N) is 4. The number of benzene rings is 1. The smallest absolute Gasteiger partial charge is 0.321 e. The number of aromatic nitrogens is 2. The zero-order valence-electron chi connectivity index (χ0n) is 16.4. The number of nitrogens with two attached hydrogens (primary N) is 1. The first kappa shape index (κ1) is 19.7. The molecular weight excluding hydrogens is 360 g/mol. The summed E-state index contributed by atoms with van der Waals surface area (Å²) in [7, 11) is 0. The fourth-order valence-electron chi connectivity index (χ4n) is 3.20.